The zero-order valence-corrected chi connectivity index (χ0v) is 14.6. The molecule has 130 valence electrons. The highest BCUT2D eigenvalue weighted by atomic mass is 16.5. The van der Waals surface area contributed by atoms with E-state index in [1.165, 1.54) is 6.42 Å². The Kier molecular flexibility index (Phi) is 4.97. The lowest BCUT2D eigenvalue weighted by Crippen LogP contribution is -2.26. The molecular formula is C19H25NO4. The van der Waals surface area contributed by atoms with Gasteiger partial charge in [-0.05, 0) is 38.7 Å². The fourth-order valence-electron chi connectivity index (χ4n) is 3.39. The predicted molar refractivity (Wildman–Crippen MR) is 92.7 cm³/mol. The van der Waals surface area contributed by atoms with Gasteiger partial charge in [-0.15, -0.1) is 0 Å². The topological polar surface area (TPSA) is 49.7 Å². The van der Waals surface area contributed by atoms with Crippen LogP contribution >= 0.6 is 0 Å². The van der Waals surface area contributed by atoms with Gasteiger partial charge in [0.25, 0.3) is 0 Å². The van der Waals surface area contributed by atoms with Gasteiger partial charge in [-0.1, -0.05) is 6.42 Å². The highest BCUT2D eigenvalue weighted by Gasteiger charge is 2.24. The van der Waals surface area contributed by atoms with Gasteiger partial charge >= 0.3 is 5.97 Å². The van der Waals surface area contributed by atoms with Crippen molar-refractivity contribution in [3.05, 3.63) is 24.4 Å². The number of rotatable bonds is 5. The lowest BCUT2D eigenvalue weighted by Gasteiger charge is -2.24. The molecule has 1 aromatic heterocycles. The molecule has 24 heavy (non-hydrogen) atoms. The fraction of sp³-hybridized carbons (Fsp3) is 0.526. The van der Waals surface area contributed by atoms with E-state index in [-0.39, 0.29) is 18.1 Å². The van der Waals surface area contributed by atoms with Crippen LogP contribution in [0.15, 0.2) is 24.4 Å². The Balaban J connectivity index is 1.86. The summed E-state index contributed by atoms with van der Waals surface area (Å²) >= 11 is 0. The molecule has 1 fully saturated rings. The quantitative estimate of drug-likeness (QED) is 0.774. The van der Waals surface area contributed by atoms with Gasteiger partial charge in [0.2, 0.25) is 0 Å². The molecule has 2 aromatic rings. The molecular weight excluding hydrogens is 306 g/mol. The van der Waals surface area contributed by atoms with Gasteiger partial charge in [-0.25, -0.2) is 4.79 Å². The maximum Gasteiger partial charge on any atom is 0.329 e. The van der Waals surface area contributed by atoms with Gasteiger partial charge in [0.15, 0.2) is 0 Å². The summed E-state index contributed by atoms with van der Waals surface area (Å²) in [5.41, 5.74) is 0.902. The van der Waals surface area contributed by atoms with Gasteiger partial charge in [0.1, 0.15) is 23.6 Å². The number of fused-ring (bicyclic) bond motifs is 1. The van der Waals surface area contributed by atoms with Gasteiger partial charge < -0.3 is 18.8 Å². The Morgan fingerprint density at radius 1 is 1.17 bits per heavy atom. The summed E-state index contributed by atoms with van der Waals surface area (Å²) in [6.45, 7) is 1.87. The number of carbonyl (C=O) groups excluding carboxylic acids is 1. The average Bonchev–Trinajstić information content (AvgIpc) is 3.04. The van der Waals surface area contributed by atoms with Gasteiger partial charge in [0, 0.05) is 23.7 Å². The van der Waals surface area contributed by atoms with Crippen LogP contribution in [0.25, 0.3) is 10.9 Å². The van der Waals surface area contributed by atoms with Crippen molar-refractivity contribution in [3.63, 3.8) is 0 Å². The van der Waals surface area contributed by atoms with Crippen molar-refractivity contribution in [1.82, 2.24) is 4.57 Å². The Labute approximate surface area is 142 Å². The second-order valence-electron chi connectivity index (χ2n) is 6.36. The predicted octanol–water partition coefficient (Wildman–Crippen LogP) is 4.10. The summed E-state index contributed by atoms with van der Waals surface area (Å²) in [5.74, 6) is 1.25. The number of hydrogen-bond acceptors (Lipinski definition) is 4. The number of aromatic nitrogens is 1. The largest absolute Gasteiger partial charge is 0.497 e. The first-order valence-electron chi connectivity index (χ1n) is 8.57. The minimum Gasteiger partial charge on any atom is -0.497 e. The first-order valence-corrected chi connectivity index (χ1v) is 8.57. The molecule has 5 nitrogen and oxygen atoms in total. The molecule has 0 saturated heterocycles. The van der Waals surface area contributed by atoms with Crippen LogP contribution in [0.1, 0.15) is 45.1 Å². The Bertz CT molecular complexity index is 715. The van der Waals surface area contributed by atoms with Crippen LogP contribution in [-0.4, -0.2) is 30.9 Å². The number of nitrogens with zero attached hydrogens (tertiary/aromatic N) is 1. The minimum absolute atomic E-state index is 0.0691. The number of ether oxygens (including phenoxy) is 3. The summed E-state index contributed by atoms with van der Waals surface area (Å²) in [5, 5.41) is 0.954. The highest BCUT2D eigenvalue weighted by molar-refractivity contribution is 5.89. The highest BCUT2D eigenvalue weighted by Crippen LogP contribution is 2.33. The molecule has 0 spiro atoms. The number of hydrogen-bond donors (Lipinski definition) is 0. The molecule has 0 amide bonds. The van der Waals surface area contributed by atoms with Gasteiger partial charge in [0.05, 0.1) is 19.7 Å². The lowest BCUT2D eigenvalue weighted by molar-refractivity contribution is -0.153. The third-order valence-electron chi connectivity index (χ3n) is 4.82. The lowest BCUT2D eigenvalue weighted by atomic mass is 9.98. The molecule has 1 unspecified atom stereocenters. The zero-order chi connectivity index (χ0) is 17.1. The van der Waals surface area contributed by atoms with E-state index >= 15 is 0 Å². The normalized spacial score (nSPS) is 16.8. The van der Waals surface area contributed by atoms with Crippen LogP contribution in [-0.2, 0) is 9.53 Å². The molecule has 1 aliphatic rings. The standard InChI is InChI=1S/C19H25NO4/c1-13(19(21)24-14-7-5-4-6-8-14)20-10-9-16-17(20)11-15(22-2)12-18(16)23-3/h9-14H,4-8H2,1-3H3. The maximum absolute atomic E-state index is 12.6. The van der Waals surface area contributed by atoms with Crippen LogP contribution in [0.4, 0.5) is 0 Å². The number of benzene rings is 1. The Hall–Kier alpha value is -2.17. The molecule has 1 aromatic carbocycles. The van der Waals surface area contributed by atoms with Crippen LogP contribution in [0.5, 0.6) is 11.5 Å². The van der Waals surface area contributed by atoms with E-state index in [9.17, 15) is 4.79 Å². The van der Waals surface area contributed by atoms with E-state index in [2.05, 4.69) is 0 Å². The van der Waals surface area contributed by atoms with Crippen molar-refractivity contribution >= 4 is 16.9 Å². The zero-order valence-electron chi connectivity index (χ0n) is 14.6. The van der Waals surface area contributed by atoms with Crippen LogP contribution in [0.3, 0.4) is 0 Å². The fourth-order valence-corrected chi connectivity index (χ4v) is 3.39. The van der Waals surface area contributed by atoms with E-state index in [1.54, 1.807) is 14.2 Å². The number of carbonyl (C=O) groups is 1. The third kappa shape index (κ3) is 3.21. The van der Waals surface area contributed by atoms with Crippen molar-refractivity contribution in [2.24, 2.45) is 0 Å². The maximum atomic E-state index is 12.6. The molecule has 0 N–H and O–H groups in total. The van der Waals surface area contributed by atoms with Gasteiger partial charge in [-0.3, -0.25) is 0 Å². The molecule has 1 aliphatic carbocycles. The summed E-state index contributed by atoms with van der Waals surface area (Å²) in [4.78, 5) is 12.6. The summed E-state index contributed by atoms with van der Waals surface area (Å²) in [7, 11) is 3.25. The van der Waals surface area contributed by atoms with Crippen molar-refractivity contribution in [2.45, 2.75) is 51.2 Å². The Morgan fingerprint density at radius 2 is 1.92 bits per heavy atom. The van der Waals surface area contributed by atoms with E-state index in [0.717, 1.165) is 42.3 Å². The average molecular weight is 331 g/mol. The van der Waals surface area contributed by atoms with Crippen LogP contribution in [0, 0.1) is 0 Å². The second-order valence-corrected chi connectivity index (χ2v) is 6.36. The van der Waals surface area contributed by atoms with Crippen LogP contribution < -0.4 is 9.47 Å². The van der Waals surface area contributed by atoms with E-state index in [1.807, 2.05) is 35.9 Å². The van der Waals surface area contributed by atoms with Crippen molar-refractivity contribution in [1.29, 1.82) is 0 Å². The molecule has 1 heterocycles. The number of esters is 1. The Morgan fingerprint density at radius 3 is 2.58 bits per heavy atom. The van der Waals surface area contributed by atoms with E-state index < -0.39 is 0 Å². The van der Waals surface area contributed by atoms with Crippen molar-refractivity contribution < 1.29 is 19.0 Å². The third-order valence-corrected chi connectivity index (χ3v) is 4.82. The van der Waals surface area contributed by atoms with Crippen LogP contribution in [0.2, 0.25) is 0 Å². The second kappa shape index (κ2) is 7.16. The molecule has 1 saturated carbocycles. The molecule has 3 rings (SSSR count). The molecule has 1 atom stereocenters. The minimum atomic E-state index is -0.388. The molecule has 0 radical (unpaired) electrons. The number of methoxy groups -OCH3 is 2. The SMILES string of the molecule is COc1cc(OC)c2ccn(C(C)C(=O)OC3CCCCC3)c2c1. The first-order chi connectivity index (χ1) is 11.6. The van der Waals surface area contributed by atoms with Gasteiger partial charge in [-0.2, -0.15) is 0 Å². The smallest absolute Gasteiger partial charge is 0.329 e. The van der Waals surface area contributed by atoms with E-state index in [4.69, 9.17) is 14.2 Å². The first kappa shape index (κ1) is 16.7. The summed E-state index contributed by atoms with van der Waals surface area (Å²) < 4.78 is 18.4. The van der Waals surface area contributed by atoms with Crippen molar-refractivity contribution in [3.8, 4) is 11.5 Å². The van der Waals surface area contributed by atoms with Crippen molar-refractivity contribution in [2.75, 3.05) is 14.2 Å². The molecule has 0 bridgehead atoms. The summed E-state index contributed by atoms with van der Waals surface area (Å²) in [6, 6.07) is 5.33. The monoisotopic (exact) mass is 331 g/mol. The molecule has 0 aliphatic heterocycles. The molecule has 5 heteroatoms. The van der Waals surface area contributed by atoms with E-state index in [0.29, 0.717) is 5.75 Å². The summed E-state index contributed by atoms with van der Waals surface area (Å²) in [6.07, 6.45) is 7.46.